The van der Waals surface area contributed by atoms with E-state index < -0.39 is 17.9 Å². The predicted molar refractivity (Wildman–Crippen MR) is 92.9 cm³/mol. The Morgan fingerprint density at radius 3 is 2.18 bits per heavy atom. The van der Waals surface area contributed by atoms with Gasteiger partial charge in [-0.25, -0.2) is 0 Å². The summed E-state index contributed by atoms with van der Waals surface area (Å²) in [7, 11) is 0. The van der Waals surface area contributed by atoms with Crippen LogP contribution in [0.15, 0.2) is 12.1 Å². The zero-order valence-corrected chi connectivity index (χ0v) is 15.6. The fraction of sp³-hybridized carbons (Fsp3) is 0.364. The Kier molecular flexibility index (Phi) is 6.40. The predicted octanol–water partition coefficient (Wildman–Crippen LogP) is 3.61. The summed E-state index contributed by atoms with van der Waals surface area (Å²) in [5.41, 5.74) is 7.05. The summed E-state index contributed by atoms with van der Waals surface area (Å²) >= 11 is 6.68. The van der Waals surface area contributed by atoms with Crippen LogP contribution in [0.2, 0.25) is 0 Å². The number of carboxylic acid groups (broad SMARTS) is 1. The number of halogens is 3. The Bertz CT molecular complexity index is 414. The lowest BCUT2D eigenvalue weighted by molar-refractivity contribution is -0.142. The molecule has 0 fully saturated rings. The Labute approximate surface area is 141 Å². The SMILES string of the molecule is CCC(C(=O)O)C(N)c1c(I)cc(I)cc1I. The lowest BCUT2D eigenvalue weighted by Crippen LogP contribution is -2.29. The first-order valence-corrected chi connectivity index (χ1v) is 8.24. The average Bonchev–Trinajstić information content (AvgIpc) is 2.15. The zero-order chi connectivity index (χ0) is 13.2. The number of hydrogen-bond acceptors (Lipinski definition) is 2. The molecule has 0 bridgehead atoms. The van der Waals surface area contributed by atoms with Gasteiger partial charge >= 0.3 is 5.97 Å². The number of carbonyl (C=O) groups is 1. The maximum atomic E-state index is 11.1. The molecular weight excluding hydrogens is 559 g/mol. The van der Waals surface area contributed by atoms with E-state index >= 15 is 0 Å². The number of nitrogens with two attached hydrogens (primary N) is 1. The van der Waals surface area contributed by atoms with Gasteiger partial charge in [-0.2, -0.15) is 0 Å². The average molecular weight is 571 g/mol. The van der Waals surface area contributed by atoms with Gasteiger partial charge in [-0.15, -0.1) is 0 Å². The first kappa shape index (κ1) is 15.9. The molecule has 2 unspecified atom stereocenters. The van der Waals surface area contributed by atoms with Gasteiger partial charge in [-0.05, 0) is 91.9 Å². The van der Waals surface area contributed by atoms with Crippen molar-refractivity contribution in [2.45, 2.75) is 19.4 Å². The summed E-state index contributed by atoms with van der Waals surface area (Å²) in [6.07, 6.45) is 0.536. The highest BCUT2D eigenvalue weighted by Crippen LogP contribution is 2.31. The maximum absolute atomic E-state index is 11.1. The number of aliphatic carboxylic acids is 1. The normalized spacial score (nSPS) is 14.4. The van der Waals surface area contributed by atoms with Crippen LogP contribution in [0.4, 0.5) is 0 Å². The Balaban J connectivity index is 3.20. The van der Waals surface area contributed by atoms with Crippen LogP contribution >= 0.6 is 67.8 Å². The molecule has 0 saturated heterocycles. The molecule has 6 heteroatoms. The van der Waals surface area contributed by atoms with E-state index in [9.17, 15) is 4.79 Å². The summed E-state index contributed by atoms with van der Waals surface area (Å²) in [5.74, 6) is -1.36. The molecule has 0 amide bonds. The third-order valence-corrected chi connectivity index (χ3v) is 4.98. The Morgan fingerprint density at radius 1 is 1.35 bits per heavy atom. The number of carboxylic acids is 1. The number of benzene rings is 1. The van der Waals surface area contributed by atoms with Gasteiger partial charge in [0.2, 0.25) is 0 Å². The van der Waals surface area contributed by atoms with E-state index in [0.29, 0.717) is 6.42 Å². The van der Waals surface area contributed by atoms with Gasteiger partial charge < -0.3 is 10.8 Å². The van der Waals surface area contributed by atoms with Crippen molar-refractivity contribution in [1.29, 1.82) is 0 Å². The summed E-state index contributed by atoms with van der Waals surface area (Å²) in [4.78, 5) is 11.1. The Hall–Kier alpha value is 0.840. The molecule has 0 heterocycles. The zero-order valence-electron chi connectivity index (χ0n) is 9.08. The largest absolute Gasteiger partial charge is 0.481 e. The molecule has 0 saturated carbocycles. The fourth-order valence-electron chi connectivity index (χ4n) is 1.66. The lowest BCUT2D eigenvalue weighted by Gasteiger charge is -2.21. The molecule has 1 aromatic rings. The molecule has 1 aromatic carbocycles. The van der Waals surface area contributed by atoms with Crippen molar-refractivity contribution in [3.8, 4) is 0 Å². The molecule has 17 heavy (non-hydrogen) atoms. The maximum Gasteiger partial charge on any atom is 0.308 e. The van der Waals surface area contributed by atoms with Crippen molar-refractivity contribution in [1.82, 2.24) is 0 Å². The van der Waals surface area contributed by atoms with Crippen LogP contribution in [0, 0.1) is 16.6 Å². The van der Waals surface area contributed by atoms with Crippen LogP contribution in [0.3, 0.4) is 0 Å². The van der Waals surface area contributed by atoms with E-state index in [1.54, 1.807) is 0 Å². The summed E-state index contributed by atoms with van der Waals surface area (Å²) < 4.78 is 3.20. The minimum atomic E-state index is -0.829. The van der Waals surface area contributed by atoms with E-state index in [0.717, 1.165) is 16.3 Å². The van der Waals surface area contributed by atoms with Crippen LogP contribution in [0.25, 0.3) is 0 Å². The topological polar surface area (TPSA) is 63.3 Å². The summed E-state index contributed by atoms with van der Waals surface area (Å²) in [6, 6.07) is 3.59. The highest BCUT2D eigenvalue weighted by molar-refractivity contribution is 14.1. The van der Waals surface area contributed by atoms with E-state index in [4.69, 9.17) is 10.8 Å². The van der Waals surface area contributed by atoms with Gasteiger partial charge in [0.1, 0.15) is 0 Å². The molecule has 94 valence electrons. The van der Waals surface area contributed by atoms with E-state index in [1.807, 2.05) is 19.1 Å². The molecule has 3 N–H and O–H groups in total. The highest BCUT2D eigenvalue weighted by Gasteiger charge is 2.27. The van der Waals surface area contributed by atoms with Gasteiger partial charge in [-0.1, -0.05) is 6.92 Å². The van der Waals surface area contributed by atoms with Crippen molar-refractivity contribution in [2.24, 2.45) is 11.7 Å². The van der Waals surface area contributed by atoms with Gasteiger partial charge in [0, 0.05) is 16.8 Å². The summed E-state index contributed by atoms with van der Waals surface area (Å²) in [6.45, 7) is 1.85. The van der Waals surface area contributed by atoms with Crippen LogP contribution in [0.5, 0.6) is 0 Å². The van der Waals surface area contributed by atoms with Crippen LogP contribution < -0.4 is 5.73 Å². The van der Waals surface area contributed by atoms with Crippen molar-refractivity contribution in [3.63, 3.8) is 0 Å². The second-order valence-electron chi connectivity index (χ2n) is 3.66. The Morgan fingerprint density at radius 2 is 1.82 bits per heavy atom. The van der Waals surface area contributed by atoms with Gasteiger partial charge in [0.05, 0.1) is 5.92 Å². The van der Waals surface area contributed by atoms with E-state index in [2.05, 4.69) is 67.8 Å². The second kappa shape index (κ2) is 6.85. The monoisotopic (exact) mass is 571 g/mol. The molecule has 1 rings (SSSR count). The molecule has 0 aliphatic rings. The van der Waals surface area contributed by atoms with Crippen molar-refractivity contribution in [3.05, 3.63) is 28.4 Å². The van der Waals surface area contributed by atoms with E-state index in [-0.39, 0.29) is 0 Å². The third kappa shape index (κ3) is 3.90. The van der Waals surface area contributed by atoms with Crippen LogP contribution in [-0.4, -0.2) is 11.1 Å². The molecule has 0 aromatic heterocycles. The summed E-state index contributed by atoms with van der Waals surface area (Å²) in [5, 5.41) is 9.15. The van der Waals surface area contributed by atoms with Crippen molar-refractivity contribution >= 4 is 73.7 Å². The van der Waals surface area contributed by atoms with E-state index in [1.165, 1.54) is 0 Å². The molecule has 3 nitrogen and oxygen atoms in total. The van der Waals surface area contributed by atoms with Gasteiger partial charge in [-0.3, -0.25) is 4.79 Å². The van der Waals surface area contributed by atoms with Crippen molar-refractivity contribution < 1.29 is 9.90 Å². The third-order valence-electron chi connectivity index (χ3n) is 2.57. The van der Waals surface area contributed by atoms with Crippen LogP contribution in [0.1, 0.15) is 24.9 Å². The first-order valence-electron chi connectivity index (χ1n) is 5.01. The minimum absolute atomic E-state index is 0.451. The molecule has 2 atom stereocenters. The standard InChI is InChI=1S/C11H12I3NO2/c1-2-6(11(16)17)10(15)9-7(13)3-5(12)4-8(9)14/h3-4,6,10H,2,15H2,1H3,(H,16,17). The first-order chi connectivity index (χ1) is 7.88. The molecule has 0 aliphatic heterocycles. The van der Waals surface area contributed by atoms with Gasteiger partial charge in [0.25, 0.3) is 0 Å². The van der Waals surface area contributed by atoms with Crippen LogP contribution in [-0.2, 0) is 4.79 Å². The lowest BCUT2D eigenvalue weighted by atomic mass is 9.92. The molecule has 0 spiro atoms. The molecule has 0 radical (unpaired) electrons. The quantitative estimate of drug-likeness (QED) is 0.544. The van der Waals surface area contributed by atoms with Crippen molar-refractivity contribution in [2.75, 3.05) is 0 Å². The number of hydrogen-bond donors (Lipinski definition) is 2. The van der Waals surface area contributed by atoms with Gasteiger partial charge in [0.15, 0.2) is 0 Å². The second-order valence-corrected chi connectivity index (χ2v) is 7.23. The fourth-order valence-corrected chi connectivity index (χ4v) is 5.96. The molecule has 0 aliphatic carbocycles. The smallest absolute Gasteiger partial charge is 0.308 e. The number of rotatable bonds is 4. The minimum Gasteiger partial charge on any atom is -0.481 e. The highest BCUT2D eigenvalue weighted by atomic mass is 127. The molecular formula is C11H12I3NO2.